The molecule has 2 amide bonds. The standard InChI is InChI=1S/C9H13N3O5/c10-5-4-6(13)11-3-1-2-7(17-9(15)16)12(11)8(5)14/h5,7H,1-4,10H2,(H,15,16)/t5-,7?/m0/s1. The lowest BCUT2D eigenvalue weighted by molar-refractivity contribution is -0.205. The third-order valence-electron chi connectivity index (χ3n) is 2.82. The van der Waals surface area contributed by atoms with Crippen molar-refractivity contribution in [3.8, 4) is 0 Å². The Morgan fingerprint density at radius 3 is 2.82 bits per heavy atom. The highest BCUT2D eigenvalue weighted by molar-refractivity contribution is 5.93. The van der Waals surface area contributed by atoms with Gasteiger partial charge in [0.2, 0.25) is 5.91 Å². The van der Waals surface area contributed by atoms with Gasteiger partial charge in [-0.2, -0.15) is 0 Å². The topological polar surface area (TPSA) is 113 Å². The van der Waals surface area contributed by atoms with E-state index in [2.05, 4.69) is 4.74 Å². The largest absolute Gasteiger partial charge is 0.507 e. The van der Waals surface area contributed by atoms with Crippen LogP contribution in [0.5, 0.6) is 0 Å². The van der Waals surface area contributed by atoms with Crippen molar-refractivity contribution < 1.29 is 24.2 Å². The Morgan fingerprint density at radius 1 is 1.47 bits per heavy atom. The zero-order chi connectivity index (χ0) is 12.6. The first-order valence-electron chi connectivity index (χ1n) is 5.29. The summed E-state index contributed by atoms with van der Waals surface area (Å²) in [5.41, 5.74) is 5.53. The molecule has 0 saturated carbocycles. The van der Waals surface area contributed by atoms with E-state index in [1.807, 2.05) is 0 Å². The molecule has 1 unspecified atom stereocenters. The quantitative estimate of drug-likeness (QED) is 0.577. The number of carbonyl (C=O) groups is 3. The van der Waals surface area contributed by atoms with Gasteiger partial charge in [-0.3, -0.25) is 9.59 Å². The Balaban J connectivity index is 2.22. The van der Waals surface area contributed by atoms with Gasteiger partial charge in [0, 0.05) is 13.0 Å². The lowest BCUT2D eigenvalue weighted by Crippen LogP contribution is -2.66. The van der Waals surface area contributed by atoms with Gasteiger partial charge in [0.1, 0.15) is 0 Å². The van der Waals surface area contributed by atoms with Crippen molar-refractivity contribution in [3.63, 3.8) is 0 Å². The van der Waals surface area contributed by atoms with Crippen molar-refractivity contribution >= 4 is 18.0 Å². The molecule has 0 aromatic rings. The predicted molar refractivity (Wildman–Crippen MR) is 53.3 cm³/mol. The minimum Gasteiger partial charge on any atom is -0.450 e. The van der Waals surface area contributed by atoms with Gasteiger partial charge in [-0.1, -0.05) is 0 Å². The van der Waals surface area contributed by atoms with Gasteiger partial charge in [-0.15, -0.1) is 0 Å². The lowest BCUT2D eigenvalue weighted by Gasteiger charge is -2.46. The van der Waals surface area contributed by atoms with E-state index >= 15 is 0 Å². The molecule has 0 radical (unpaired) electrons. The zero-order valence-electron chi connectivity index (χ0n) is 9.04. The third-order valence-corrected chi connectivity index (χ3v) is 2.82. The molecule has 0 bridgehead atoms. The smallest absolute Gasteiger partial charge is 0.450 e. The number of carboxylic acid groups (broad SMARTS) is 1. The molecule has 2 atom stereocenters. The van der Waals surface area contributed by atoms with Crippen LogP contribution < -0.4 is 5.73 Å². The number of hydrogen-bond acceptors (Lipinski definition) is 5. The van der Waals surface area contributed by atoms with Crippen LogP contribution in [0.25, 0.3) is 0 Å². The number of amides is 2. The summed E-state index contributed by atoms with van der Waals surface area (Å²) in [5, 5.41) is 10.8. The van der Waals surface area contributed by atoms with Crippen LogP contribution in [-0.2, 0) is 14.3 Å². The highest BCUT2D eigenvalue weighted by Gasteiger charge is 2.44. The summed E-state index contributed by atoms with van der Waals surface area (Å²) in [5.74, 6) is -0.758. The highest BCUT2D eigenvalue weighted by Crippen LogP contribution is 2.25. The maximum absolute atomic E-state index is 11.8. The Bertz CT molecular complexity index is 372. The van der Waals surface area contributed by atoms with Crippen LogP contribution >= 0.6 is 0 Å². The van der Waals surface area contributed by atoms with Gasteiger partial charge in [0.25, 0.3) is 5.91 Å². The minimum absolute atomic E-state index is 0.0465. The SMILES string of the molecule is N[C@H]1CC(=O)N2CCCC(OC(=O)O)N2C1=O. The van der Waals surface area contributed by atoms with Crippen molar-refractivity contribution in [1.82, 2.24) is 10.0 Å². The van der Waals surface area contributed by atoms with Crippen LogP contribution in [-0.4, -0.2) is 51.9 Å². The van der Waals surface area contributed by atoms with E-state index in [4.69, 9.17) is 10.8 Å². The fraction of sp³-hybridized carbons (Fsp3) is 0.667. The first-order chi connectivity index (χ1) is 8.00. The van der Waals surface area contributed by atoms with Gasteiger partial charge < -0.3 is 15.6 Å². The van der Waals surface area contributed by atoms with Crippen LogP contribution in [0.1, 0.15) is 19.3 Å². The molecule has 2 aliphatic rings. The summed E-state index contributed by atoms with van der Waals surface area (Å²) >= 11 is 0. The van der Waals surface area contributed by atoms with Crippen LogP contribution in [0.3, 0.4) is 0 Å². The number of hydrogen-bond donors (Lipinski definition) is 2. The zero-order valence-corrected chi connectivity index (χ0v) is 9.04. The summed E-state index contributed by atoms with van der Waals surface area (Å²) in [6, 6.07) is -0.920. The molecule has 2 heterocycles. The van der Waals surface area contributed by atoms with E-state index in [-0.39, 0.29) is 12.3 Å². The molecule has 2 aliphatic heterocycles. The summed E-state index contributed by atoms with van der Waals surface area (Å²) in [6.45, 7) is 0.386. The monoisotopic (exact) mass is 243 g/mol. The molecule has 17 heavy (non-hydrogen) atoms. The molecule has 0 aromatic carbocycles. The summed E-state index contributed by atoms with van der Waals surface area (Å²) in [4.78, 5) is 34.0. The fourth-order valence-electron chi connectivity index (χ4n) is 2.08. The van der Waals surface area contributed by atoms with Gasteiger partial charge in [0.15, 0.2) is 6.23 Å². The van der Waals surface area contributed by atoms with Crippen LogP contribution in [0.4, 0.5) is 4.79 Å². The van der Waals surface area contributed by atoms with E-state index in [0.717, 1.165) is 5.01 Å². The van der Waals surface area contributed by atoms with Crippen LogP contribution in [0, 0.1) is 0 Å². The average Bonchev–Trinajstić information content (AvgIpc) is 2.25. The predicted octanol–water partition coefficient (Wildman–Crippen LogP) is -0.896. The Morgan fingerprint density at radius 2 is 2.18 bits per heavy atom. The Kier molecular flexibility index (Phi) is 2.88. The normalized spacial score (nSPS) is 29.0. The molecule has 2 saturated heterocycles. The van der Waals surface area contributed by atoms with Gasteiger partial charge in [0.05, 0.1) is 12.5 Å². The number of fused-ring (bicyclic) bond motifs is 1. The molecule has 2 fully saturated rings. The third kappa shape index (κ3) is 2.03. The number of nitrogens with two attached hydrogens (primary N) is 1. The van der Waals surface area contributed by atoms with E-state index in [1.165, 1.54) is 5.01 Å². The second-order valence-electron chi connectivity index (χ2n) is 3.99. The second kappa shape index (κ2) is 4.21. The van der Waals surface area contributed by atoms with E-state index in [1.54, 1.807) is 0 Å². The maximum Gasteiger partial charge on any atom is 0.507 e. The maximum atomic E-state index is 11.8. The molecule has 0 spiro atoms. The number of carbonyl (C=O) groups excluding carboxylic acids is 2. The molecule has 2 rings (SSSR count). The molecule has 8 heteroatoms. The average molecular weight is 243 g/mol. The number of hydrazine groups is 1. The van der Waals surface area contributed by atoms with Crippen molar-refractivity contribution in [3.05, 3.63) is 0 Å². The van der Waals surface area contributed by atoms with Crippen LogP contribution in [0.15, 0.2) is 0 Å². The molecule has 3 N–H and O–H groups in total. The Labute approximate surface area is 96.9 Å². The van der Waals surface area contributed by atoms with E-state index < -0.39 is 24.3 Å². The summed E-state index contributed by atoms with van der Waals surface area (Å²) < 4.78 is 4.60. The van der Waals surface area contributed by atoms with Gasteiger partial charge in [-0.05, 0) is 6.42 Å². The van der Waals surface area contributed by atoms with Crippen molar-refractivity contribution in [2.75, 3.05) is 6.54 Å². The van der Waals surface area contributed by atoms with Crippen molar-refractivity contribution in [2.45, 2.75) is 31.5 Å². The summed E-state index contributed by atoms with van der Waals surface area (Å²) in [7, 11) is 0. The number of rotatable bonds is 1. The second-order valence-corrected chi connectivity index (χ2v) is 3.99. The number of ether oxygens (including phenoxy) is 1. The molecular formula is C9H13N3O5. The van der Waals surface area contributed by atoms with Crippen molar-refractivity contribution in [1.29, 1.82) is 0 Å². The number of nitrogens with zero attached hydrogens (tertiary/aromatic N) is 2. The molecule has 94 valence electrons. The first kappa shape index (κ1) is 11.6. The highest BCUT2D eigenvalue weighted by atomic mass is 16.7. The molecular weight excluding hydrogens is 230 g/mol. The molecule has 0 aromatic heterocycles. The summed E-state index contributed by atoms with van der Waals surface area (Å²) in [6.07, 6.45) is -1.52. The fourth-order valence-corrected chi connectivity index (χ4v) is 2.08. The van der Waals surface area contributed by atoms with Crippen LogP contribution in [0.2, 0.25) is 0 Å². The van der Waals surface area contributed by atoms with E-state index in [9.17, 15) is 14.4 Å². The van der Waals surface area contributed by atoms with Gasteiger partial charge in [-0.25, -0.2) is 14.8 Å². The van der Waals surface area contributed by atoms with Crippen molar-refractivity contribution in [2.24, 2.45) is 5.73 Å². The Hall–Kier alpha value is -1.83. The van der Waals surface area contributed by atoms with E-state index in [0.29, 0.717) is 19.4 Å². The minimum atomic E-state index is -1.48. The van der Waals surface area contributed by atoms with Gasteiger partial charge >= 0.3 is 6.16 Å². The molecule has 0 aliphatic carbocycles. The lowest BCUT2D eigenvalue weighted by atomic mass is 10.1. The molecule has 8 nitrogen and oxygen atoms in total. The first-order valence-corrected chi connectivity index (χ1v) is 5.29.